The lowest BCUT2D eigenvalue weighted by Gasteiger charge is -2.34. The molecule has 0 saturated heterocycles. The average molecular weight is 233 g/mol. The second-order valence-corrected chi connectivity index (χ2v) is 4.32. The van der Waals surface area contributed by atoms with Crippen molar-refractivity contribution in [2.24, 2.45) is 0 Å². The lowest BCUT2D eigenvalue weighted by molar-refractivity contribution is -0.138. The normalized spacial score (nSPS) is 16.2. The summed E-state index contributed by atoms with van der Waals surface area (Å²) in [4.78, 5) is 23.6. The Balaban J connectivity index is 2.38. The fourth-order valence-electron chi connectivity index (χ4n) is 2.26. The molecule has 0 fully saturated rings. The number of aldehydes is 1. The molecule has 1 unspecified atom stereocenters. The van der Waals surface area contributed by atoms with E-state index in [1.807, 2.05) is 17.0 Å². The number of hydrogen-bond acceptors (Lipinski definition) is 3. The zero-order chi connectivity index (χ0) is 12.4. The molecule has 1 N–H and O–H groups in total. The van der Waals surface area contributed by atoms with Crippen molar-refractivity contribution in [1.29, 1.82) is 0 Å². The number of carboxylic acid groups (broad SMARTS) is 1. The minimum Gasteiger partial charge on any atom is -0.480 e. The van der Waals surface area contributed by atoms with Crippen LogP contribution in [0.4, 0.5) is 5.69 Å². The van der Waals surface area contributed by atoms with E-state index in [0.717, 1.165) is 36.9 Å². The summed E-state index contributed by atoms with van der Waals surface area (Å²) in [5, 5.41) is 9.06. The van der Waals surface area contributed by atoms with E-state index < -0.39 is 12.0 Å². The smallest absolute Gasteiger partial charge is 0.326 e. The molecule has 1 aromatic rings. The molecule has 1 aliphatic rings. The maximum Gasteiger partial charge on any atom is 0.326 e. The Morgan fingerprint density at radius 2 is 2.29 bits per heavy atom. The second kappa shape index (κ2) is 4.57. The molecule has 0 aliphatic carbocycles. The third-order valence-corrected chi connectivity index (χ3v) is 3.22. The van der Waals surface area contributed by atoms with Gasteiger partial charge in [-0.3, -0.25) is 4.79 Å². The van der Waals surface area contributed by atoms with E-state index in [2.05, 4.69) is 0 Å². The van der Waals surface area contributed by atoms with Crippen LogP contribution in [0.2, 0.25) is 0 Å². The number of benzene rings is 1. The van der Waals surface area contributed by atoms with Crippen LogP contribution in [0.5, 0.6) is 0 Å². The maximum atomic E-state index is 11.0. The van der Waals surface area contributed by atoms with Crippen molar-refractivity contribution in [2.45, 2.75) is 25.8 Å². The molecule has 0 aromatic heterocycles. The van der Waals surface area contributed by atoms with Gasteiger partial charge in [-0.15, -0.1) is 0 Å². The van der Waals surface area contributed by atoms with Crippen molar-refractivity contribution in [1.82, 2.24) is 0 Å². The first-order valence-corrected chi connectivity index (χ1v) is 5.71. The molecule has 0 amide bonds. The van der Waals surface area contributed by atoms with Gasteiger partial charge in [-0.2, -0.15) is 0 Å². The van der Waals surface area contributed by atoms with Gasteiger partial charge in [0.25, 0.3) is 0 Å². The number of carboxylic acids is 1. The summed E-state index contributed by atoms with van der Waals surface area (Å²) in [6, 6.07) is 4.90. The third-order valence-electron chi connectivity index (χ3n) is 3.22. The fourth-order valence-corrected chi connectivity index (χ4v) is 2.26. The van der Waals surface area contributed by atoms with Crippen molar-refractivity contribution in [3.8, 4) is 0 Å². The molecule has 4 heteroatoms. The number of anilines is 1. The standard InChI is InChI=1S/C13H15NO3/c1-9(13(16)17)14-6-2-3-11-7-10(8-15)4-5-12(11)14/h4-5,7-9H,2-3,6H2,1H3,(H,16,17). The molecular formula is C13H15NO3. The number of aliphatic carboxylic acids is 1. The summed E-state index contributed by atoms with van der Waals surface area (Å²) in [5.41, 5.74) is 2.65. The quantitative estimate of drug-likeness (QED) is 0.808. The Kier molecular flexibility index (Phi) is 3.13. The average Bonchev–Trinajstić information content (AvgIpc) is 2.36. The molecule has 2 rings (SSSR count). The molecule has 4 nitrogen and oxygen atoms in total. The van der Waals surface area contributed by atoms with Gasteiger partial charge in [0.2, 0.25) is 0 Å². The van der Waals surface area contributed by atoms with Gasteiger partial charge in [-0.1, -0.05) is 0 Å². The minimum absolute atomic E-state index is 0.531. The molecule has 0 radical (unpaired) electrons. The summed E-state index contributed by atoms with van der Waals surface area (Å²) >= 11 is 0. The number of hydrogen-bond donors (Lipinski definition) is 1. The Morgan fingerprint density at radius 3 is 2.94 bits per heavy atom. The van der Waals surface area contributed by atoms with Gasteiger partial charge in [-0.25, -0.2) is 4.79 Å². The topological polar surface area (TPSA) is 57.6 Å². The van der Waals surface area contributed by atoms with Crippen molar-refractivity contribution in [3.63, 3.8) is 0 Å². The highest BCUT2D eigenvalue weighted by molar-refractivity contribution is 5.81. The molecule has 1 heterocycles. The number of carbonyl (C=O) groups excluding carboxylic acids is 1. The highest BCUT2D eigenvalue weighted by Gasteiger charge is 2.25. The van der Waals surface area contributed by atoms with Crippen molar-refractivity contribution in [2.75, 3.05) is 11.4 Å². The summed E-state index contributed by atoms with van der Waals surface area (Å²) in [6.45, 7) is 2.44. The van der Waals surface area contributed by atoms with Crippen molar-refractivity contribution < 1.29 is 14.7 Å². The van der Waals surface area contributed by atoms with Gasteiger partial charge in [0.1, 0.15) is 12.3 Å². The van der Waals surface area contributed by atoms with Crippen LogP contribution in [0.25, 0.3) is 0 Å². The molecule has 0 bridgehead atoms. The number of nitrogens with zero attached hydrogens (tertiary/aromatic N) is 1. The van der Waals surface area contributed by atoms with E-state index in [-0.39, 0.29) is 0 Å². The molecular weight excluding hydrogens is 218 g/mol. The molecule has 1 aliphatic heterocycles. The summed E-state index contributed by atoms with van der Waals surface area (Å²) in [6.07, 6.45) is 2.65. The van der Waals surface area contributed by atoms with Gasteiger partial charge in [0.15, 0.2) is 0 Å². The van der Waals surface area contributed by atoms with Gasteiger partial charge in [0, 0.05) is 17.8 Å². The first kappa shape index (κ1) is 11.6. The number of carbonyl (C=O) groups is 2. The third kappa shape index (κ3) is 2.16. The number of aryl methyl sites for hydroxylation is 1. The number of fused-ring (bicyclic) bond motifs is 1. The van der Waals surface area contributed by atoms with Crippen LogP contribution in [0.1, 0.15) is 29.3 Å². The van der Waals surface area contributed by atoms with Crippen LogP contribution in [0, 0.1) is 0 Å². The van der Waals surface area contributed by atoms with Crippen molar-refractivity contribution in [3.05, 3.63) is 29.3 Å². The van der Waals surface area contributed by atoms with Crippen molar-refractivity contribution >= 4 is 17.9 Å². The SMILES string of the molecule is CC(C(=O)O)N1CCCc2cc(C=O)ccc21. The van der Waals surface area contributed by atoms with Crippen LogP contribution < -0.4 is 4.90 Å². The molecule has 1 atom stereocenters. The van der Waals surface area contributed by atoms with Crippen LogP contribution in [-0.4, -0.2) is 29.9 Å². The second-order valence-electron chi connectivity index (χ2n) is 4.32. The summed E-state index contributed by atoms with van der Waals surface area (Å²) in [7, 11) is 0. The van der Waals surface area contributed by atoms with Crippen LogP contribution in [-0.2, 0) is 11.2 Å². The lowest BCUT2D eigenvalue weighted by atomic mass is 9.98. The molecule has 0 spiro atoms. The van der Waals surface area contributed by atoms with E-state index >= 15 is 0 Å². The zero-order valence-corrected chi connectivity index (χ0v) is 9.72. The monoisotopic (exact) mass is 233 g/mol. The predicted octanol–water partition coefficient (Wildman–Crippen LogP) is 1.72. The van der Waals surface area contributed by atoms with Gasteiger partial charge < -0.3 is 10.0 Å². The Morgan fingerprint density at radius 1 is 1.53 bits per heavy atom. The first-order chi connectivity index (χ1) is 8.13. The van der Waals surface area contributed by atoms with Crippen LogP contribution >= 0.6 is 0 Å². The molecule has 17 heavy (non-hydrogen) atoms. The van der Waals surface area contributed by atoms with E-state index in [1.165, 1.54) is 0 Å². The Hall–Kier alpha value is -1.84. The van der Waals surface area contributed by atoms with E-state index in [1.54, 1.807) is 13.0 Å². The van der Waals surface area contributed by atoms with Crippen LogP contribution in [0.15, 0.2) is 18.2 Å². The van der Waals surface area contributed by atoms with Gasteiger partial charge in [0.05, 0.1) is 0 Å². The van der Waals surface area contributed by atoms with Gasteiger partial charge >= 0.3 is 5.97 Å². The molecule has 1 aromatic carbocycles. The largest absolute Gasteiger partial charge is 0.480 e. The highest BCUT2D eigenvalue weighted by Crippen LogP contribution is 2.29. The van der Waals surface area contributed by atoms with E-state index in [4.69, 9.17) is 5.11 Å². The first-order valence-electron chi connectivity index (χ1n) is 5.71. The summed E-state index contributed by atoms with van der Waals surface area (Å²) in [5.74, 6) is -0.822. The lowest BCUT2D eigenvalue weighted by Crippen LogP contribution is -2.42. The van der Waals surface area contributed by atoms with Crippen LogP contribution in [0.3, 0.4) is 0 Å². The van der Waals surface area contributed by atoms with E-state index in [0.29, 0.717) is 5.56 Å². The highest BCUT2D eigenvalue weighted by atomic mass is 16.4. The Labute approximate surface area is 99.9 Å². The predicted molar refractivity (Wildman–Crippen MR) is 64.6 cm³/mol. The minimum atomic E-state index is -0.822. The fraction of sp³-hybridized carbons (Fsp3) is 0.385. The molecule has 0 saturated carbocycles. The number of rotatable bonds is 3. The summed E-state index contributed by atoms with van der Waals surface area (Å²) < 4.78 is 0. The zero-order valence-electron chi connectivity index (χ0n) is 9.72. The molecule has 90 valence electrons. The maximum absolute atomic E-state index is 11.0. The van der Waals surface area contributed by atoms with Gasteiger partial charge in [-0.05, 0) is 43.5 Å². The Bertz CT molecular complexity index is 456. The van der Waals surface area contributed by atoms with E-state index in [9.17, 15) is 9.59 Å².